The zero-order valence-corrected chi connectivity index (χ0v) is 7.86. The van der Waals surface area contributed by atoms with Crippen LogP contribution in [0.25, 0.3) is 0 Å². The molecule has 0 spiro atoms. The number of phenols is 1. The molecule has 4 N–H and O–H groups in total. The van der Waals surface area contributed by atoms with Crippen molar-refractivity contribution >= 4 is 0 Å². The lowest BCUT2D eigenvalue weighted by Gasteiger charge is -2.16. The van der Waals surface area contributed by atoms with Gasteiger partial charge in [0.25, 0.3) is 0 Å². The Morgan fingerprint density at radius 2 is 2.00 bits per heavy atom. The van der Waals surface area contributed by atoms with Crippen molar-refractivity contribution in [2.24, 2.45) is 5.73 Å². The van der Waals surface area contributed by atoms with Crippen molar-refractivity contribution in [3.8, 4) is 5.75 Å². The highest BCUT2D eigenvalue weighted by atomic mass is 16.3. The lowest BCUT2D eigenvalue weighted by atomic mass is 10.0. The van der Waals surface area contributed by atoms with Crippen molar-refractivity contribution in [2.75, 3.05) is 0 Å². The van der Waals surface area contributed by atoms with E-state index in [0.717, 1.165) is 5.56 Å². The van der Waals surface area contributed by atoms with Crippen LogP contribution < -0.4 is 5.73 Å². The monoisotopic (exact) mass is 181 g/mol. The summed E-state index contributed by atoms with van der Waals surface area (Å²) in [6.07, 6.45) is -0.659. The highest BCUT2D eigenvalue weighted by Gasteiger charge is 2.15. The van der Waals surface area contributed by atoms with E-state index < -0.39 is 12.1 Å². The Bertz CT molecular complexity index is 297. The van der Waals surface area contributed by atoms with Crippen LogP contribution in [-0.4, -0.2) is 16.3 Å². The third-order valence-corrected chi connectivity index (χ3v) is 2.06. The Morgan fingerprint density at radius 3 is 2.46 bits per heavy atom. The van der Waals surface area contributed by atoms with Gasteiger partial charge in [-0.2, -0.15) is 0 Å². The molecule has 0 aliphatic rings. The SMILES string of the molecule is Cc1ccc([C@H](N)C(C)O)c(O)c1. The largest absolute Gasteiger partial charge is 0.508 e. The molecule has 1 rings (SSSR count). The molecule has 0 aliphatic carbocycles. The van der Waals surface area contributed by atoms with Crippen LogP contribution in [0.3, 0.4) is 0 Å². The van der Waals surface area contributed by atoms with Gasteiger partial charge in [-0.25, -0.2) is 0 Å². The molecule has 0 amide bonds. The van der Waals surface area contributed by atoms with E-state index in [9.17, 15) is 10.2 Å². The summed E-state index contributed by atoms with van der Waals surface area (Å²) in [5, 5.41) is 18.8. The molecule has 0 aromatic heterocycles. The number of aromatic hydroxyl groups is 1. The summed E-state index contributed by atoms with van der Waals surface area (Å²) in [4.78, 5) is 0. The molecule has 1 aromatic carbocycles. The first-order chi connectivity index (χ1) is 6.02. The molecule has 0 aliphatic heterocycles. The second kappa shape index (κ2) is 3.77. The summed E-state index contributed by atoms with van der Waals surface area (Å²) in [5.41, 5.74) is 7.23. The highest BCUT2D eigenvalue weighted by molar-refractivity contribution is 5.38. The average molecular weight is 181 g/mol. The molecule has 3 heteroatoms. The van der Waals surface area contributed by atoms with Gasteiger partial charge in [0.15, 0.2) is 0 Å². The smallest absolute Gasteiger partial charge is 0.120 e. The first kappa shape index (κ1) is 10.0. The first-order valence-corrected chi connectivity index (χ1v) is 4.25. The van der Waals surface area contributed by atoms with Crippen LogP contribution in [-0.2, 0) is 0 Å². The van der Waals surface area contributed by atoms with Crippen molar-refractivity contribution < 1.29 is 10.2 Å². The number of benzene rings is 1. The topological polar surface area (TPSA) is 66.5 Å². The van der Waals surface area contributed by atoms with Gasteiger partial charge >= 0.3 is 0 Å². The van der Waals surface area contributed by atoms with Crippen molar-refractivity contribution in [2.45, 2.75) is 26.0 Å². The summed E-state index contributed by atoms with van der Waals surface area (Å²) in [6, 6.07) is 4.71. The number of nitrogens with two attached hydrogens (primary N) is 1. The predicted octanol–water partition coefficient (Wildman–Crippen LogP) is 1.08. The van der Waals surface area contributed by atoms with Gasteiger partial charge in [0.2, 0.25) is 0 Å². The van der Waals surface area contributed by atoms with E-state index in [0.29, 0.717) is 5.56 Å². The molecule has 0 radical (unpaired) electrons. The predicted molar refractivity (Wildman–Crippen MR) is 51.5 cm³/mol. The van der Waals surface area contributed by atoms with Gasteiger partial charge in [-0.05, 0) is 25.5 Å². The van der Waals surface area contributed by atoms with Gasteiger partial charge in [0.05, 0.1) is 12.1 Å². The molecule has 0 saturated heterocycles. The van der Waals surface area contributed by atoms with Crippen LogP contribution >= 0.6 is 0 Å². The molecule has 3 nitrogen and oxygen atoms in total. The fourth-order valence-corrected chi connectivity index (χ4v) is 1.20. The van der Waals surface area contributed by atoms with Gasteiger partial charge in [0, 0.05) is 5.56 Å². The Hall–Kier alpha value is -1.06. The van der Waals surface area contributed by atoms with E-state index in [1.807, 2.05) is 13.0 Å². The molecular weight excluding hydrogens is 166 g/mol. The number of aryl methyl sites for hydroxylation is 1. The molecule has 1 aromatic rings. The average Bonchev–Trinajstić information content (AvgIpc) is 2.03. The minimum Gasteiger partial charge on any atom is -0.508 e. The fourth-order valence-electron chi connectivity index (χ4n) is 1.20. The molecular formula is C10H15NO2. The number of hydrogen-bond acceptors (Lipinski definition) is 3. The third-order valence-electron chi connectivity index (χ3n) is 2.06. The summed E-state index contributed by atoms with van der Waals surface area (Å²) < 4.78 is 0. The normalized spacial score (nSPS) is 15.4. The quantitative estimate of drug-likeness (QED) is 0.639. The van der Waals surface area contributed by atoms with Gasteiger partial charge < -0.3 is 15.9 Å². The van der Waals surface area contributed by atoms with Gasteiger partial charge in [0.1, 0.15) is 5.75 Å². The van der Waals surface area contributed by atoms with Crippen LogP contribution in [0, 0.1) is 6.92 Å². The maximum absolute atomic E-state index is 9.52. The third kappa shape index (κ3) is 2.20. The zero-order valence-electron chi connectivity index (χ0n) is 7.86. The van der Waals surface area contributed by atoms with E-state index in [1.54, 1.807) is 19.1 Å². The van der Waals surface area contributed by atoms with Crippen LogP contribution in [0.2, 0.25) is 0 Å². The fraction of sp³-hybridized carbons (Fsp3) is 0.400. The van der Waals surface area contributed by atoms with Crippen molar-refractivity contribution in [1.82, 2.24) is 0 Å². The van der Waals surface area contributed by atoms with Gasteiger partial charge in [-0.1, -0.05) is 12.1 Å². The summed E-state index contributed by atoms with van der Waals surface area (Å²) in [5.74, 6) is 0.147. The van der Waals surface area contributed by atoms with E-state index in [4.69, 9.17) is 5.73 Å². The number of aliphatic hydroxyl groups is 1. The van der Waals surface area contributed by atoms with Crippen LogP contribution in [0.5, 0.6) is 5.75 Å². The molecule has 0 fully saturated rings. The molecule has 0 heterocycles. The maximum Gasteiger partial charge on any atom is 0.120 e. The van der Waals surface area contributed by atoms with Gasteiger partial charge in [-0.15, -0.1) is 0 Å². The molecule has 13 heavy (non-hydrogen) atoms. The summed E-state index contributed by atoms with van der Waals surface area (Å²) in [7, 11) is 0. The standard InChI is InChI=1S/C10H15NO2/c1-6-3-4-8(9(13)5-6)10(11)7(2)12/h3-5,7,10,12-13H,11H2,1-2H3/t7?,10-/m1/s1. The molecule has 0 bridgehead atoms. The van der Waals surface area contributed by atoms with Crippen LogP contribution in [0.15, 0.2) is 18.2 Å². The van der Waals surface area contributed by atoms with Crippen molar-refractivity contribution in [3.05, 3.63) is 29.3 Å². The van der Waals surface area contributed by atoms with Crippen molar-refractivity contribution in [1.29, 1.82) is 0 Å². The maximum atomic E-state index is 9.52. The number of phenolic OH excluding ortho intramolecular Hbond substituents is 1. The van der Waals surface area contributed by atoms with Crippen LogP contribution in [0.1, 0.15) is 24.1 Å². The van der Waals surface area contributed by atoms with E-state index >= 15 is 0 Å². The number of hydrogen-bond donors (Lipinski definition) is 3. The zero-order chi connectivity index (χ0) is 10.0. The summed E-state index contributed by atoms with van der Waals surface area (Å²) in [6.45, 7) is 3.49. The Balaban J connectivity index is 3.01. The molecule has 72 valence electrons. The Labute approximate surface area is 77.8 Å². The lowest BCUT2D eigenvalue weighted by molar-refractivity contribution is 0.163. The Morgan fingerprint density at radius 1 is 1.38 bits per heavy atom. The minimum atomic E-state index is -0.659. The molecule has 0 saturated carbocycles. The second-order valence-corrected chi connectivity index (χ2v) is 3.33. The molecule has 2 atom stereocenters. The molecule has 1 unspecified atom stereocenters. The second-order valence-electron chi connectivity index (χ2n) is 3.33. The van der Waals surface area contributed by atoms with Crippen molar-refractivity contribution in [3.63, 3.8) is 0 Å². The summed E-state index contributed by atoms with van der Waals surface area (Å²) >= 11 is 0. The first-order valence-electron chi connectivity index (χ1n) is 4.25. The Kier molecular flexibility index (Phi) is 2.90. The van der Waals surface area contributed by atoms with Crippen LogP contribution in [0.4, 0.5) is 0 Å². The number of rotatable bonds is 2. The van der Waals surface area contributed by atoms with E-state index in [2.05, 4.69) is 0 Å². The minimum absolute atomic E-state index is 0.147. The van der Waals surface area contributed by atoms with E-state index in [-0.39, 0.29) is 5.75 Å². The lowest BCUT2D eigenvalue weighted by Crippen LogP contribution is -2.23. The number of aliphatic hydroxyl groups excluding tert-OH is 1. The van der Waals surface area contributed by atoms with E-state index in [1.165, 1.54) is 0 Å². The van der Waals surface area contributed by atoms with Gasteiger partial charge in [-0.3, -0.25) is 0 Å². The highest BCUT2D eigenvalue weighted by Crippen LogP contribution is 2.25.